The molecule has 0 aliphatic heterocycles. The highest BCUT2D eigenvalue weighted by Crippen LogP contribution is 2.33. The Morgan fingerprint density at radius 1 is 0.812 bits per heavy atom. The predicted octanol–water partition coefficient (Wildman–Crippen LogP) is 5.47. The van der Waals surface area contributed by atoms with Crippen LogP contribution in [-0.4, -0.2) is 17.9 Å². The van der Waals surface area contributed by atoms with Crippen molar-refractivity contribution in [2.24, 2.45) is 0 Å². The van der Waals surface area contributed by atoms with Gasteiger partial charge in [0.1, 0.15) is 31.0 Å². The largest absolute Gasteiger partial charge is 0.485 e. The second-order valence-corrected chi connectivity index (χ2v) is 8.40. The minimum atomic E-state index is -1.04. The summed E-state index contributed by atoms with van der Waals surface area (Å²) in [5.74, 6) is -0.656. The van der Waals surface area contributed by atoms with E-state index in [1.54, 1.807) is 39.0 Å². The summed E-state index contributed by atoms with van der Waals surface area (Å²) in [6, 6.07) is 24.6. The molecule has 5 nitrogen and oxygen atoms in total. The number of aldehydes is 1. The molecule has 0 N–H and O–H groups in total. The fourth-order valence-electron chi connectivity index (χ4n) is 3.06. The molecule has 32 heavy (non-hydrogen) atoms. The van der Waals surface area contributed by atoms with Crippen LogP contribution in [0.25, 0.3) is 0 Å². The summed E-state index contributed by atoms with van der Waals surface area (Å²) < 4.78 is 17.4. The van der Waals surface area contributed by atoms with E-state index < -0.39 is 17.5 Å². The fraction of sp³-hybridized carbons (Fsp3) is 0.259. The van der Waals surface area contributed by atoms with E-state index in [2.05, 4.69) is 0 Å². The maximum Gasteiger partial charge on any atom is 0.321 e. The minimum Gasteiger partial charge on any atom is -0.485 e. The van der Waals surface area contributed by atoms with Gasteiger partial charge in [-0.05, 0) is 49.6 Å². The van der Waals surface area contributed by atoms with Crippen LogP contribution in [0.5, 0.6) is 11.5 Å². The second-order valence-electron chi connectivity index (χ2n) is 8.40. The Hall–Kier alpha value is -3.60. The molecule has 166 valence electrons. The van der Waals surface area contributed by atoms with Crippen molar-refractivity contribution in [3.8, 4) is 11.5 Å². The Morgan fingerprint density at radius 2 is 1.34 bits per heavy atom. The van der Waals surface area contributed by atoms with Crippen molar-refractivity contribution in [1.29, 1.82) is 0 Å². The lowest BCUT2D eigenvalue weighted by molar-refractivity contribution is -0.157. The molecule has 0 aliphatic rings. The van der Waals surface area contributed by atoms with Gasteiger partial charge in [0.05, 0.1) is 0 Å². The zero-order valence-corrected chi connectivity index (χ0v) is 18.6. The van der Waals surface area contributed by atoms with Gasteiger partial charge in [-0.3, -0.25) is 4.79 Å². The molecule has 0 amide bonds. The normalized spacial score (nSPS) is 12.0. The molecule has 0 bridgehead atoms. The number of esters is 1. The molecule has 0 heterocycles. The number of carbonyl (C=O) groups excluding carboxylic acids is 2. The first-order valence-corrected chi connectivity index (χ1v) is 10.5. The SMILES string of the molecule is CC(C)(C)OC(=O)C(C=O)c1ccc(OCc2ccccc2)c(OCc2ccccc2)c1. The van der Waals surface area contributed by atoms with Crippen molar-refractivity contribution in [2.45, 2.75) is 45.5 Å². The van der Waals surface area contributed by atoms with Gasteiger partial charge in [-0.1, -0.05) is 66.7 Å². The van der Waals surface area contributed by atoms with Crippen molar-refractivity contribution in [2.75, 3.05) is 0 Å². The van der Waals surface area contributed by atoms with Crippen LogP contribution in [0, 0.1) is 0 Å². The van der Waals surface area contributed by atoms with Crippen molar-refractivity contribution >= 4 is 12.3 Å². The van der Waals surface area contributed by atoms with Crippen molar-refractivity contribution in [3.05, 3.63) is 95.6 Å². The molecule has 1 unspecified atom stereocenters. The van der Waals surface area contributed by atoms with E-state index in [1.807, 2.05) is 60.7 Å². The van der Waals surface area contributed by atoms with Crippen LogP contribution in [-0.2, 0) is 27.5 Å². The number of hydrogen-bond acceptors (Lipinski definition) is 5. The Bertz CT molecular complexity index is 1020. The summed E-state index contributed by atoms with van der Waals surface area (Å²) >= 11 is 0. The van der Waals surface area contributed by atoms with Gasteiger partial charge in [0.2, 0.25) is 0 Å². The molecule has 3 rings (SSSR count). The standard InChI is InChI=1S/C27H28O5/c1-27(2,3)32-26(29)23(17-28)22-14-15-24(30-18-20-10-6-4-7-11-20)25(16-22)31-19-21-12-8-5-9-13-21/h4-17,23H,18-19H2,1-3H3. The molecule has 3 aromatic carbocycles. The van der Waals surface area contributed by atoms with Gasteiger partial charge in [0, 0.05) is 0 Å². The molecule has 1 atom stereocenters. The van der Waals surface area contributed by atoms with Crippen LogP contribution in [0.1, 0.15) is 43.4 Å². The summed E-state index contributed by atoms with van der Waals surface area (Å²) in [7, 11) is 0. The third kappa shape index (κ3) is 6.71. The molecule has 0 radical (unpaired) electrons. The maximum atomic E-state index is 12.6. The average molecular weight is 433 g/mol. The van der Waals surface area contributed by atoms with Gasteiger partial charge in [0.25, 0.3) is 0 Å². The van der Waals surface area contributed by atoms with Crippen LogP contribution in [0.2, 0.25) is 0 Å². The molecular formula is C27H28O5. The number of benzene rings is 3. The quantitative estimate of drug-likeness (QED) is 0.255. The first-order chi connectivity index (χ1) is 15.4. The summed E-state index contributed by atoms with van der Waals surface area (Å²) in [6.07, 6.45) is 0.592. The highest BCUT2D eigenvalue weighted by Gasteiger charge is 2.27. The highest BCUT2D eigenvalue weighted by atomic mass is 16.6. The Morgan fingerprint density at radius 3 is 1.84 bits per heavy atom. The predicted molar refractivity (Wildman–Crippen MR) is 123 cm³/mol. The minimum absolute atomic E-state index is 0.324. The Kier molecular flexibility index (Phi) is 7.66. The molecule has 0 saturated carbocycles. The average Bonchev–Trinajstić information content (AvgIpc) is 2.77. The Balaban J connectivity index is 1.85. The number of ether oxygens (including phenoxy) is 3. The van der Waals surface area contributed by atoms with Crippen LogP contribution >= 0.6 is 0 Å². The van der Waals surface area contributed by atoms with E-state index in [4.69, 9.17) is 14.2 Å². The van der Waals surface area contributed by atoms with Gasteiger partial charge < -0.3 is 19.0 Å². The Labute approximate surface area is 188 Å². The fourth-order valence-corrected chi connectivity index (χ4v) is 3.06. The van der Waals surface area contributed by atoms with Crippen molar-refractivity contribution < 1.29 is 23.8 Å². The molecule has 0 fully saturated rings. The van der Waals surface area contributed by atoms with Gasteiger partial charge >= 0.3 is 5.97 Å². The lowest BCUT2D eigenvalue weighted by Gasteiger charge is -2.22. The molecule has 3 aromatic rings. The highest BCUT2D eigenvalue weighted by molar-refractivity contribution is 5.94. The number of rotatable bonds is 9. The van der Waals surface area contributed by atoms with Crippen molar-refractivity contribution in [3.63, 3.8) is 0 Å². The third-order valence-corrected chi connectivity index (χ3v) is 4.60. The second kappa shape index (κ2) is 10.6. The first kappa shape index (κ1) is 23.1. The molecule has 0 spiro atoms. The topological polar surface area (TPSA) is 61.8 Å². The van der Waals surface area contributed by atoms with Gasteiger partial charge in [-0.15, -0.1) is 0 Å². The summed E-state index contributed by atoms with van der Waals surface area (Å²) in [5, 5.41) is 0. The summed E-state index contributed by atoms with van der Waals surface area (Å²) in [6.45, 7) is 5.99. The van der Waals surface area contributed by atoms with Gasteiger partial charge in [-0.2, -0.15) is 0 Å². The smallest absolute Gasteiger partial charge is 0.321 e. The molecule has 0 aromatic heterocycles. The summed E-state index contributed by atoms with van der Waals surface area (Å²) in [5.41, 5.74) is 1.81. The number of hydrogen-bond donors (Lipinski definition) is 0. The maximum absolute atomic E-state index is 12.6. The van der Waals surface area contributed by atoms with Gasteiger partial charge in [0.15, 0.2) is 11.5 Å². The number of carbonyl (C=O) groups is 2. The van der Waals surface area contributed by atoms with E-state index in [9.17, 15) is 9.59 Å². The van der Waals surface area contributed by atoms with E-state index in [0.717, 1.165) is 11.1 Å². The monoisotopic (exact) mass is 432 g/mol. The van der Waals surface area contributed by atoms with Crippen LogP contribution in [0.4, 0.5) is 0 Å². The van der Waals surface area contributed by atoms with Crippen LogP contribution in [0.3, 0.4) is 0 Å². The molecule has 0 saturated heterocycles. The molecular weight excluding hydrogens is 404 g/mol. The molecule has 0 aliphatic carbocycles. The van der Waals surface area contributed by atoms with E-state index in [0.29, 0.717) is 36.6 Å². The zero-order chi connectivity index (χ0) is 23.0. The van der Waals surface area contributed by atoms with Crippen molar-refractivity contribution in [1.82, 2.24) is 0 Å². The lowest BCUT2D eigenvalue weighted by Crippen LogP contribution is -2.28. The molecule has 5 heteroatoms. The van der Waals surface area contributed by atoms with Crippen LogP contribution in [0.15, 0.2) is 78.9 Å². The van der Waals surface area contributed by atoms with E-state index in [-0.39, 0.29) is 0 Å². The lowest BCUT2D eigenvalue weighted by atomic mass is 9.99. The van der Waals surface area contributed by atoms with Gasteiger partial charge in [-0.25, -0.2) is 0 Å². The van der Waals surface area contributed by atoms with E-state index in [1.165, 1.54) is 0 Å². The van der Waals surface area contributed by atoms with E-state index >= 15 is 0 Å². The third-order valence-electron chi connectivity index (χ3n) is 4.60. The first-order valence-electron chi connectivity index (χ1n) is 10.5. The van der Waals surface area contributed by atoms with Crippen LogP contribution < -0.4 is 9.47 Å². The summed E-state index contributed by atoms with van der Waals surface area (Å²) in [4.78, 5) is 24.3. The zero-order valence-electron chi connectivity index (χ0n) is 18.6.